The second-order valence-electron chi connectivity index (χ2n) is 12.0. The Labute approximate surface area is 246 Å². The average Bonchev–Trinajstić information content (AvgIpc) is 2.94. The number of nitrogens with one attached hydrogen (secondary N) is 1. The third-order valence-electron chi connectivity index (χ3n) is 7.96. The van der Waals surface area contributed by atoms with Crippen LogP contribution in [0.1, 0.15) is 206 Å². The minimum Gasteiger partial charge on any atom is -0.371 e. The van der Waals surface area contributed by atoms with Gasteiger partial charge in [-0.05, 0) is 38.5 Å². The van der Waals surface area contributed by atoms with Gasteiger partial charge in [0.25, 0.3) is 0 Å². The van der Waals surface area contributed by atoms with Crippen molar-refractivity contribution in [2.24, 2.45) is 0 Å². The van der Waals surface area contributed by atoms with Crippen molar-refractivity contribution in [2.45, 2.75) is 206 Å². The van der Waals surface area contributed by atoms with Crippen molar-refractivity contribution in [3.05, 3.63) is 12.2 Å². The number of hydrogen-bond acceptors (Lipinski definition) is 3. The Hall–Kier alpha value is -0.830. The Kier molecular flexibility index (Phi) is 34.4. The number of rotatable bonds is 33. The van der Waals surface area contributed by atoms with E-state index in [-0.39, 0.29) is 5.97 Å². The van der Waals surface area contributed by atoms with Crippen molar-refractivity contribution in [1.29, 1.82) is 0 Å². The molecule has 0 aliphatic heterocycles. The highest BCUT2D eigenvalue weighted by Crippen LogP contribution is 2.14. The molecule has 0 aliphatic rings. The summed E-state index contributed by atoms with van der Waals surface area (Å²) < 4.78 is 0. The van der Waals surface area contributed by atoms with Gasteiger partial charge in [0.2, 0.25) is 0 Å². The fraction of sp³-hybridized carbons (Fsp3) is 0.917. The molecule has 0 bridgehead atoms. The van der Waals surface area contributed by atoms with E-state index in [9.17, 15) is 4.79 Å². The SMILES string of the molecule is CCCCCCCC/C=C\CCCCCCCCNOC(=O)CCCCCCCCCCCCCCCCC. The van der Waals surface area contributed by atoms with E-state index in [4.69, 9.17) is 4.84 Å². The fourth-order valence-electron chi connectivity index (χ4n) is 5.27. The van der Waals surface area contributed by atoms with Crippen LogP contribution in [0.4, 0.5) is 0 Å². The maximum Gasteiger partial charge on any atom is 0.324 e. The summed E-state index contributed by atoms with van der Waals surface area (Å²) in [4.78, 5) is 17.0. The second-order valence-corrected chi connectivity index (χ2v) is 12.0. The van der Waals surface area contributed by atoms with Crippen molar-refractivity contribution in [3.63, 3.8) is 0 Å². The summed E-state index contributed by atoms with van der Waals surface area (Å²) in [5, 5.41) is 0. The topological polar surface area (TPSA) is 38.3 Å². The van der Waals surface area contributed by atoms with Crippen LogP contribution in [-0.2, 0) is 9.63 Å². The molecule has 0 radical (unpaired) electrons. The van der Waals surface area contributed by atoms with Crippen molar-refractivity contribution < 1.29 is 9.63 Å². The smallest absolute Gasteiger partial charge is 0.324 e. The molecule has 3 heteroatoms. The Bertz CT molecular complexity index is 490. The van der Waals surface area contributed by atoms with E-state index in [2.05, 4.69) is 31.5 Å². The van der Waals surface area contributed by atoms with E-state index < -0.39 is 0 Å². The molecule has 0 saturated carbocycles. The summed E-state index contributed by atoms with van der Waals surface area (Å²) in [5.41, 5.74) is 2.88. The number of hydroxylamine groups is 1. The van der Waals surface area contributed by atoms with Crippen LogP contribution < -0.4 is 5.48 Å². The van der Waals surface area contributed by atoms with Gasteiger partial charge in [0.05, 0.1) is 0 Å². The Morgan fingerprint density at radius 1 is 0.462 bits per heavy atom. The fourth-order valence-corrected chi connectivity index (χ4v) is 5.27. The molecule has 0 saturated heterocycles. The number of carbonyl (C=O) groups excluding carboxylic acids is 1. The quantitative estimate of drug-likeness (QED) is 0.0502. The second kappa shape index (κ2) is 35.2. The molecule has 0 atom stereocenters. The van der Waals surface area contributed by atoms with E-state index in [1.807, 2.05) is 0 Å². The lowest BCUT2D eigenvalue weighted by Gasteiger charge is -2.06. The number of hydrogen-bond donors (Lipinski definition) is 1. The molecule has 0 aliphatic carbocycles. The molecule has 3 nitrogen and oxygen atoms in total. The van der Waals surface area contributed by atoms with Gasteiger partial charge in [-0.2, -0.15) is 5.48 Å². The molecule has 0 fully saturated rings. The van der Waals surface area contributed by atoms with Gasteiger partial charge in [-0.15, -0.1) is 0 Å². The van der Waals surface area contributed by atoms with Gasteiger partial charge in [0.1, 0.15) is 0 Å². The highest BCUT2D eigenvalue weighted by Gasteiger charge is 2.02. The van der Waals surface area contributed by atoms with Crippen LogP contribution >= 0.6 is 0 Å². The van der Waals surface area contributed by atoms with Crippen molar-refractivity contribution in [1.82, 2.24) is 5.48 Å². The molecule has 0 aromatic rings. The lowest BCUT2D eigenvalue weighted by atomic mass is 10.0. The molecule has 0 aromatic carbocycles. The van der Waals surface area contributed by atoms with Gasteiger partial charge >= 0.3 is 5.97 Å². The van der Waals surface area contributed by atoms with Crippen LogP contribution in [0.2, 0.25) is 0 Å². The standard InChI is InChI=1S/C36H71NO2/c1-3-5-7-9-11-13-15-17-19-21-23-25-27-29-31-33-35-37-39-36(38)34-32-30-28-26-24-22-20-18-16-14-12-10-8-6-4-2/h17,19,37H,3-16,18,20-35H2,1-2H3/b19-17-. The zero-order chi connectivity index (χ0) is 28.3. The first-order valence-electron chi connectivity index (χ1n) is 17.9. The highest BCUT2D eigenvalue weighted by atomic mass is 16.7. The molecule has 0 amide bonds. The van der Waals surface area contributed by atoms with Crippen LogP contribution in [0.25, 0.3) is 0 Å². The van der Waals surface area contributed by atoms with E-state index in [0.29, 0.717) is 6.42 Å². The minimum absolute atomic E-state index is 0.0887. The van der Waals surface area contributed by atoms with Crippen LogP contribution in [0.15, 0.2) is 12.2 Å². The number of carbonyl (C=O) groups is 1. The Morgan fingerprint density at radius 3 is 1.21 bits per heavy atom. The molecular weight excluding hydrogens is 478 g/mol. The largest absolute Gasteiger partial charge is 0.371 e. The van der Waals surface area contributed by atoms with Crippen molar-refractivity contribution in [3.8, 4) is 0 Å². The molecule has 0 rings (SSSR count). The maximum absolute atomic E-state index is 11.9. The minimum atomic E-state index is -0.0887. The number of allylic oxidation sites excluding steroid dienone is 2. The summed E-state index contributed by atoms with van der Waals surface area (Å²) >= 11 is 0. The summed E-state index contributed by atoms with van der Waals surface area (Å²) in [6.07, 6.45) is 44.0. The predicted molar refractivity (Wildman–Crippen MR) is 173 cm³/mol. The lowest BCUT2D eigenvalue weighted by Crippen LogP contribution is -2.20. The van der Waals surface area contributed by atoms with Crippen LogP contribution in [0, 0.1) is 0 Å². The zero-order valence-electron chi connectivity index (χ0n) is 26.9. The van der Waals surface area contributed by atoms with Crippen molar-refractivity contribution >= 4 is 5.97 Å². The maximum atomic E-state index is 11.9. The first-order valence-corrected chi connectivity index (χ1v) is 17.9. The lowest BCUT2D eigenvalue weighted by molar-refractivity contribution is -0.151. The van der Waals surface area contributed by atoms with E-state index in [1.54, 1.807) is 0 Å². The highest BCUT2D eigenvalue weighted by molar-refractivity contribution is 5.68. The monoisotopic (exact) mass is 550 g/mol. The molecule has 0 unspecified atom stereocenters. The summed E-state index contributed by atoms with van der Waals surface area (Å²) in [5.74, 6) is -0.0887. The number of unbranched alkanes of at least 4 members (excludes halogenated alkanes) is 26. The van der Waals surface area contributed by atoms with Crippen LogP contribution in [0.5, 0.6) is 0 Å². The Morgan fingerprint density at radius 2 is 0.795 bits per heavy atom. The van der Waals surface area contributed by atoms with E-state index in [0.717, 1.165) is 25.8 Å². The van der Waals surface area contributed by atoms with Crippen LogP contribution in [0.3, 0.4) is 0 Å². The summed E-state index contributed by atoms with van der Waals surface area (Å²) in [7, 11) is 0. The van der Waals surface area contributed by atoms with Gasteiger partial charge in [-0.25, -0.2) is 0 Å². The molecular formula is C36H71NO2. The van der Waals surface area contributed by atoms with Gasteiger partial charge < -0.3 is 4.84 Å². The van der Waals surface area contributed by atoms with Crippen molar-refractivity contribution in [2.75, 3.05) is 6.54 Å². The molecule has 0 aromatic heterocycles. The van der Waals surface area contributed by atoms with Crippen LogP contribution in [-0.4, -0.2) is 12.5 Å². The third kappa shape index (κ3) is 35.1. The average molecular weight is 550 g/mol. The van der Waals surface area contributed by atoms with E-state index in [1.165, 1.54) is 167 Å². The van der Waals surface area contributed by atoms with E-state index >= 15 is 0 Å². The third-order valence-corrected chi connectivity index (χ3v) is 7.96. The summed E-state index contributed by atoms with van der Waals surface area (Å²) in [6.45, 7) is 5.35. The normalized spacial score (nSPS) is 11.5. The molecule has 0 heterocycles. The molecule has 1 N–H and O–H groups in total. The zero-order valence-corrected chi connectivity index (χ0v) is 26.9. The Balaban J connectivity index is 3.18. The van der Waals surface area contributed by atoms with Gasteiger partial charge in [0.15, 0.2) is 0 Å². The first-order chi connectivity index (χ1) is 19.3. The van der Waals surface area contributed by atoms with Gasteiger partial charge in [-0.1, -0.05) is 174 Å². The van der Waals surface area contributed by atoms with Gasteiger partial charge in [0, 0.05) is 13.0 Å². The molecule has 232 valence electrons. The molecule has 39 heavy (non-hydrogen) atoms. The molecule has 0 spiro atoms. The first kappa shape index (κ1) is 38.2. The summed E-state index contributed by atoms with van der Waals surface area (Å²) in [6, 6.07) is 0. The predicted octanol–water partition coefficient (Wildman–Crippen LogP) is 12.3. The van der Waals surface area contributed by atoms with Gasteiger partial charge in [-0.3, -0.25) is 4.79 Å².